The number of hydrogen-bond acceptors (Lipinski definition) is 3. The van der Waals surface area contributed by atoms with Crippen LogP contribution in [0.1, 0.15) is 37.8 Å². The Morgan fingerprint density at radius 1 is 1.28 bits per heavy atom. The van der Waals surface area contributed by atoms with Gasteiger partial charge in [-0.3, -0.25) is 0 Å². The lowest BCUT2D eigenvalue weighted by Crippen LogP contribution is -2.22. The maximum Gasteiger partial charge on any atom is 0.119 e. The van der Waals surface area contributed by atoms with Crippen molar-refractivity contribution in [1.29, 1.82) is 10.5 Å². The topological polar surface area (TPSA) is 56.8 Å². The van der Waals surface area contributed by atoms with Gasteiger partial charge in [0.1, 0.15) is 5.75 Å². The van der Waals surface area contributed by atoms with E-state index < -0.39 is 0 Å². The first-order chi connectivity index (χ1) is 8.61. The fourth-order valence-corrected chi connectivity index (χ4v) is 2.07. The van der Waals surface area contributed by atoms with Crippen LogP contribution in [0.4, 0.5) is 0 Å². The average molecular weight is 242 g/mol. The van der Waals surface area contributed by atoms with E-state index in [-0.39, 0.29) is 5.41 Å². The fraction of sp³-hybridized carbons (Fsp3) is 0.467. The number of hydrogen-bond donors (Lipinski definition) is 0. The number of ether oxygens (including phenoxy) is 1. The summed E-state index contributed by atoms with van der Waals surface area (Å²) < 4.78 is 5.24. The zero-order valence-corrected chi connectivity index (χ0v) is 11.2. The lowest BCUT2D eigenvalue weighted by atomic mass is 9.75. The molecular formula is C15H18N2O. The van der Waals surface area contributed by atoms with Crippen LogP contribution < -0.4 is 4.74 Å². The molecule has 0 aliphatic carbocycles. The Morgan fingerprint density at radius 3 is 2.50 bits per heavy atom. The van der Waals surface area contributed by atoms with Gasteiger partial charge in [0.25, 0.3) is 0 Å². The summed E-state index contributed by atoms with van der Waals surface area (Å²) in [5.74, 6) is 0.768. The summed E-state index contributed by atoms with van der Waals surface area (Å²) in [4.78, 5) is 0. The van der Waals surface area contributed by atoms with Gasteiger partial charge in [-0.05, 0) is 29.7 Å². The van der Waals surface area contributed by atoms with Crippen LogP contribution in [0.2, 0.25) is 0 Å². The molecule has 0 saturated carbocycles. The quantitative estimate of drug-likeness (QED) is 0.795. The number of nitriles is 2. The van der Waals surface area contributed by atoms with E-state index in [9.17, 15) is 0 Å². The molecule has 0 heterocycles. The smallest absolute Gasteiger partial charge is 0.119 e. The maximum atomic E-state index is 9.00. The molecule has 1 unspecified atom stereocenters. The standard InChI is InChI=1S/C15H18N2O/c1-4-15(2,8-10-17)14-11-13(18-3)6-5-12(14)7-9-16/h5-6,11H,4,7-8H2,1-3H3. The molecule has 0 amide bonds. The molecule has 3 heteroatoms. The van der Waals surface area contributed by atoms with Crippen molar-refractivity contribution < 1.29 is 4.74 Å². The van der Waals surface area contributed by atoms with E-state index >= 15 is 0 Å². The van der Waals surface area contributed by atoms with Crippen molar-refractivity contribution in [3.05, 3.63) is 29.3 Å². The zero-order chi connectivity index (χ0) is 13.6. The molecule has 94 valence electrons. The van der Waals surface area contributed by atoms with E-state index in [1.165, 1.54) is 0 Å². The number of rotatable bonds is 5. The van der Waals surface area contributed by atoms with Crippen LogP contribution in [-0.2, 0) is 11.8 Å². The minimum absolute atomic E-state index is 0.227. The molecule has 0 aliphatic rings. The lowest BCUT2D eigenvalue weighted by Gasteiger charge is -2.28. The van der Waals surface area contributed by atoms with Gasteiger partial charge in [0.2, 0.25) is 0 Å². The zero-order valence-electron chi connectivity index (χ0n) is 11.2. The Labute approximate surface area is 109 Å². The minimum Gasteiger partial charge on any atom is -0.497 e. The summed E-state index contributed by atoms with van der Waals surface area (Å²) >= 11 is 0. The third kappa shape index (κ3) is 2.81. The summed E-state index contributed by atoms with van der Waals surface area (Å²) in [6.07, 6.45) is 1.65. The van der Waals surface area contributed by atoms with E-state index in [1.54, 1.807) is 7.11 Å². The third-order valence-electron chi connectivity index (χ3n) is 3.49. The summed E-state index contributed by atoms with van der Waals surface area (Å²) in [5, 5.41) is 17.9. The second-order valence-electron chi connectivity index (χ2n) is 4.61. The van der Waals surface area contributed by atoms with Crippen molar-refractivity contribution in [1.82, 2.24) is 0 Å². The first-order valence-electron chi connectivity index (χ1n) is 6.02. The van der Waals surface area contributed by atoms with Crippen molar-refractivity contribution >= 4 is 0 Å². The molecule has 0 fully saturated rings. The Morgan fingerprint density at radius 2 is 2.00 bits per heavy atom. The van der Waals surface area contributed by atoms with E-state index in [0.717, 1.165) is 23.3 Å². The van der Waals surface area contributed by atoms with Crippen molar-refractivity contribution in [3.8, 4) is 17.9 Å². The molecule has 0 N–H and O–H groups in total. The van der Waals surface area contributed by atoms with Crippen LogP contribution >= 0.6 is 0 Å². The van der Waals surface area contributed by atoms with Gasteiger partial charge in [-0.1, -0.05) is 19.9 Å². The number of nitrogens with zero attached hydrogens (tertiary/aromatic N) is 2. The van der Waals surface area contributed by atoms with Crippen molar-refractivity contribution in [2.75, 3.05) is 7.11 Å². The Kier molecular flexibility index (Phi) is 4.75. The van der Waals surface area contributed by atoms with Crippen LogP contribution in [-0.4, -0.2) is 7.11 Å². The minimum atomic E-state index is -0.227. The second-order valence-corrected chi connectivity index (χ2v) is 4.61. The van der Waals surface area contributed by atoms with Crippen molar-refractivity contribution in [3.63, 3.8) is 0 Å². The SMILES string of the molecule is CCC(C)(CC#N)c1cc(OC)ccc1CC#N. The van der Waals surface area contributed by atoms with Crippen LogP contribution in [0, 0.1) is 22.7 Å². The molecule has 1 aromatic rings. The van der Waals surface area contributed by atoms with Gasteiger partial charge < -0.3 is 4.74 Å². The van der Waals surface area contributed by atoms with E-state index in [4.69, 9.17) is 15.3 Å². The normalized spacial score (nSPS) is 13.2. The molecule has 18 heavy (non-hydrogen) atoms. The summed E-state index contributed by atoms with van der Waals surface area (Å²) in [5.41, 5.74) is 1.81. The molecule has 0 bridgehead atoms. The maximum absolute atomic E-state index is 9.00. The van der Waals surface area contributed by atoms with Gasteiger partial charge in [-0.25, -0.2) is 0 Å². The van der Waals surface area contributed by atoms with E-state index in [1.807, 2.05) is 18.2 Å². The highest BCUT2D eigenvalue weighted by atomic mass is 16.5. The Balaban J connectivity index is 3.34. The molecule has 1 rings (SSSR count). The molecule has 0 aliphatic heterocycles. The van der Waals surface area contributed by atoms with Gasteiger partial charge in [0.15, 0.2) is 0 Å². The average Bonchev–Trinajstić information content (AvgIpc) is 2.39. The van der Waals surface area contributed by atoms with Crippen LogP contribution in [0.3, 0.4) is 0 Å². The highest BCUT2D eigenvalue weighted by Crippen LogP contribution is 2.35. The molecule has 0 radical (unpaired) electrons. The van der Waals surface area contributed by atoms with Gasteiger partial charge in [-0.15, -0.1) is 0 Å². The lowest BCUT2D eigenvalue weighted by molar-refractivity contribution is 0.408. The molecule has 1 atom stereocenters. The van der Waals surface area contributed by atoms with Gasteiger partial charge in [0.05, 0.1) is 25.7 Å². The number of benzene rings is 1. The molecular weight excluding hydrogens is 224 g/mol. The molecule has 0 saturated heterocycles. The molecule has 0 aromatic heterocycles. The molecule has 1 aromatic carbocycles. The predicted octanol–water partition coefficient (Wildman–Crippen LogP) is 3.34. The van der Waals surface area contributed by atoms with Crippen LogP contribution in [0.25, 0.3) is 0 Å². The van der Waals surface area contributed by atoms with E-state index in [2.05, 4.69) is 26.0 Å². The van der Waals surface area contributed by atoms with Gasteiger partial charge >= 0.3 is 0 Å². The van der Waals surface area contributed by atoms with Crippen molar-refractivity contribution in [2.45, 2.75) is 38.5 Å². The van der Waals surface area contributed by atoms with E-state index in [0.29, 0.717) is 12.8 Å². The van der Waals surface area contributed by atoms with Gasteiger partial charge in [0, 0.05) is 11.8 Å². The molecule has 3 nitrogen and oxygen atoms in total. The summed E-state index contributed by atoms with van der Waals surface area (Å²) in [6, 6.07) is 10.1. The first-order valence-corrected chi connectivity index (χ1v) is 6.02. The highest BCUT2D eigenvalue weighted by Gasteiger charge is 2.27. The number of methoxy groups -OCH3 is 1. The fourth-order valence-electron chi connectivity index (χ4n) is 2.07. The predicted molar refractivity (Wildman–Crippen MR) is 70.2 cm³/mol. The van der Waals surface area contributed by atoms with Crippen LogP contribution in [0.5, 0.6) is 5.75 Å². The van der Waals surface area contributed by atoms with Gasteiger partial charge in [-0.2, -0.15) is 10.5 Å². The Bertz CT molecular complexity index is 496. The molecule has 0 spiro atoms. The monoisotopic (exact) mass is 242 g/mol. The third-order valence-corrected chi connectivity index (χ3v) is 3.49. The summed E-state index contributed by atoms with van der Waals surface area (Å²) in [7, 11) is 1.62. The highest BCUT2D eigenvalue weighted by molar-refractivity contribution is 5.42. The largest absolute Gasteiger partial charge is 0.497 e. The van der Waals surface area contributed by atoms with Crippen LogP contribution in [0.15, 0.2) is 18.2 Å². The summed E-state index contributed by atoms with van der Waals surface area (Å²) in [6.45, 7) is 4.12. The Hall–Kier alpha value is -2.00. The van der Waals surface area contributed by atoms with Crippen molar-refractivity contribution in [2.24, 2.45) is 0 Å². The second kappa shape index (κ2) is 6.07. The first kappa shape index (κ1) is 14.1.